The van der Waals surface area contributed by atoms with Gasteiger partial charge in [-0.25, -0.2) is 0 Å². The first-order chi connectivity index (χ1) is 6.62. The van der Waals surface area contributed by atoms with E-state index in [1.54, 1.807) is 0 Å². The van der Waals surface area contributed by atoms with E-state index in [2.05, 4.69) is 10.2 Å². The average Bonchev–Trinajstić information content (AvgIpc) is 2.19. The summed E-state index contributed by atoms with van der Waals surface area (Å²) >= 11 is 0. The summed E-state index contributed by atoms with van der Waals surface area (Å²) in [5.41, 5.74) is -0.0149. The number of fused-ring (bicyclic) bond motifs is 3. The van der Waals surface area contributed by atoms with Crippen LogP contribution in [0.4, 0.5) is 0 Å². The van der Waals surface area contributed by atoms with Crippen LogP contribution < -0.4 is 5.32 Å². The normalized spacial score (nSPS) is 36.1. The standard InChI is InChI=1S/C11H20N2O/c1-9(2)12-10(14)11-3-6-13(7-4-11)8-5-11/h9H,3-8H2,1-2H3,(H,12,14). The predicted octanol–water partition coefficient (Wildman–Crippen LogP) is 0.997. The zero-order chi connectivity index (χ0) is 10.2. The fourth-order valence-electron chi connectivity index (χ4n) is 2.58. The maximum atomic E-state index is 12.1. The summed E-state index contributed by atoms with van der Waals surface area (Å²) < 4.78 is 0. The van der Waals surface area contributed by atoms with Gasteiger partial charge in [0.2, 0.25) is 5.91 Å². The number of amides is 1. The lowest BCUT2D eigenvalue weighted by Gasteiger charge is -2.47. The van der Waals surface area contributed by atoms with Gasteiger partial charge in [0.05, 0.1) is 5.41 Å². The van der Waals surface area contributed by atoms with Crippen LogP contribution in [-0.2, 0) is 4.79 Å². The first kappa shape index (κ1) is 9.97. The van der Waals surface area contributed by atoms with Crippen LogP contribution in [0, 0.1) is 5.41 Å². The van der Waals surface area contributed by atoms with Gasteiger partial charge < -0.3 is 10.2 Å². The monoisotopic (exact) mass is 196 g/mol. The van der Waals surface area contributed by atoms with Crippen LogP contribution in [0.1, 0.15) is 33.1 Å². The van der Waals surface area contributed by atoms with Crippen LogP contribution in [0.5, 0.6) is 0 Å². The third kappa shape index (κ3) is 1.65. The molecule has 0 radical (unpaired) electrons. The second-order valence-electron chi connectivity index (χ2n) is 5.00. The van der Waals surface area contributed by atoms with Gasteiger partial charge in [-0.1, -0.05) is 0 Å². The van der Waals surface area contributed by atoms with Crippen molar-refractivity contribution in [3.63, 3.8) is 0 Å². The third-order valence-electron chi connectivity index (χ3n) is 3.62. The Morgan fingerprint density at radius 2 is 1.71 bits per heavy atom. The van der Waals surface area contributed by atoms with Crippen molar-refractivity contribution in [2.45, 2.75) is 39.2 Å². The van der Waals surface area contributed by atoms with Crippen LogP contribution in [0.15, 0.2) is 0 Å². The number of hydrogen-bond acceptors (Lipinski definition) is 2. The van der Waals surface area contributed by atoms with E-state index in [9.17, 15) is 4.79 Å². The molecule has 0 aromatic rings. The van der Waals surface area contributed by atoms with Gasteiger partial charge >= 0.3 is 0 Å². The molecule has 0 aromatic heterocycles. The molecule has 3 heterocycles. The molecule has 0 saturated carbocycles. The molecule has 0 unspecified atom stereocenters. The van der Waals surface area contributed by atoms with Crippen LogP contribution in [0.25, 0.3) is 0 Å². The van der Waals surface area contributed by atoms with Crippen LogP contribution in [0.3, 0.4) is 0 Å². The minimum absolute atomic E-state index is 0.0149. The van der Waals surface area contributed by atoms with Crippen molar-refractivity contribution in [2.75, 3.05) is 19.6 Å². The van der Waals surface area contributed by atoms with E-state index in [0.717, 1.165) is 38.9 Å². The maximum absolute atomic E-state index is 12.1. The van der Waals surface area contributed by atoms with E-state index in [1.165, 1.54) is 0 Å². The van der Waals surface area contributed by atoms with E-state index in [-0.39, 0.29) is 11.5 Å². The predicted molar refractivity (Wildman–Crippen MR) is 56.0 cm³/mol. The molecule has 14 heavy (non-hydrogen) atoms. The summed E-state index contributed by atoms with van der Waals surface area (Å²) in [6, 6.07) is 0.275. The Balaban J connectivity index is 2.03. The average molecular weight is 196 g/mol. The van der Waals surface area contributed by atoms with E-state index in [4.69, 9.17) is 0 Å². The first-order valence-electron chi connectivity index (χ1n) is 5.66. The van der Waals surface area contributed by atoms with E-state index < -0.39 is 0 Å². The highest BCUT2D eigenvalue weighted by atomic mass is 16.2. The van der Waals surface area contributed by atoms with Crippen LogP contribution in [0.2, 0.25) is 0 Å². The highest BCUT2D eigenvalue weighted by molar-refractivity contribution is 5.83. The first-order valence-corrected chi connectivity index (χ1v) is 5.66. The van der Waals surface area contributed by atoms with Crippen molar-refractivity contribution >= 4 is 5.91 Å². The van der Waals surface area contributed by atoms with E-state index >= 15 is 0 Å². The molecule has 3 aliphatic heterocycles. The summed E-state index contributed by atoms with van der Waals surface area (Å²) in [6.07, 6.45) is 3.18. The van der Waals surface area contributed by atoms with E-state index in [1.807, 2.05) is 13.8 Å². The van der Waals surface area contributed by atoms with Gasteiger partial charge in [0.15, 0.2) is 0 Å². The third-order valence-corrected chi connectivity index (χ3v) is 3.62. The Kier molecular flexibility index (Phi) is 2.52. The minimum Gasteiger partial charge on any atom is -0.353 e. The minimum atomic E-state index is -0.0149. The van der Waals surface area contributed by atoms with Gasteiger partial charge in [-0.05, 0) is 52.7 Å². The summed E-state index contributed by atoms with van der Waals surface area (Å²) in [6.45, 7) is 7.42. The Bertz CT molecular complexity index is 216. The smallest absolute Gasteiger partial charge is 0.226 e. The molecule has 3 fully saturated rings. The fourth-order valence-corrected chi connectivity index (χ4v) is 2.58. The molecule has 0 aromatic carbocycles. The lowest BCUT2D eigenvalue weighted by molar-refractivity contribution is -0.138. The zero-order valence-corrected chi connectivity index (χ0v) is 9.18. The molecule has 1 N–H and O–H groups in total. The second kappa shape index (κ2) is 3.54. The van der Waals surface area contributed by atoms with Crippen LogP contribution in [-0.4, -0.2) is 36.5 Å². The number of carbonyl (C=O) groups excluding carboxylic acids is 1. The lowest BCUT2D eigenvalue weighted by atomic mass is 9.71. The lowest BCUT2D eigenvalue weighted by Crippen LogP contribution is -2.55. The molecule has 2 bridgehead atoms. The topological polar surface area (TPSA) is 32.3 Å². The molecule has 3 nitrogen and oxygen atoms in total. The summed E-state index contributed by atoms with van der Waals surface area (Å²) in [5, 5.41) is 3.07. The van der Waals surface area contributed by atoms with Gasteiger partial charge in [-0.3, -0.25) is 4.79 Å². The summed E-state index contributed by atoms with van der Waals surface area (Å²) in [4.78, 5) is 14.5. The fraction of sp³-hybridized carbons (Fsp3) is 0.909. The molecule has 3 saturated heterocycles. The molecule has 0 atom stereocenters. The zero-order valence-electron chi connectivity index (χ0n) is 9.18. The van der Waals surface area contributed by atoms with Crippen molar-refractivity contribution in [3.8, 4) is 0 Å². The SMILES string of the molecule is CC(C)NC(=O)C12CCN(CC1)CC2. The van der Waals surface area contributed by atoms with Crippen molar-refractivity contribution in [1.82, 2.24) is 10.2 Å². The van der Waals surface area contributed by atoms with Gasteiger partial charge in [-0.15, -0.1) is 0 Å². The van der Waals surface area contributed by atoms with Gasteiger partial charge in [0.1, 0.15) is 0 Å². The highest BCUT2D eigenvalue weighted by Gasteiger charge is 2.44. The van der Waals surface area contributed by atoms with Crippen molar-refractivity contribution < 1.29 is 4.79 Å². The molecule has 1 amide bonds. The number of nitrogens with zero attached hydrogens (tertiary/aromatic N) is 1. The molecule has 3 heteroatoms. The Hall–Kier alpha value is -0.570. The number of carbonyl (C=O) groups is 1. The van der Waals surface area contributed by atoms with E-state index in [0.29, 0.717) is 5.91 Å². The molecule has 3 rings (SSSR count). The van der Waals surface area contributed by atoms with Crippen molar-refractivity contribution in [1.29, 1.82) is 0 Å². The summed E-state index contributed by atoms with van der Waals surface area (Å²) in [5.74, 6) is 0.298. The molecule has 3 aliphatic rings. The summed E-state index contributed by atoms with van der Waals surface area (Å²) in [7, 11) is 0. The van der Waals surface area contributed by atoms with Crippen molar-refractivity contribution in [2.24, 2.45) is 5.41 Å². The second-order valence-corrected chi connectivity index (χ2v) is 5.00. The molecule has 80 valence electrons. The number of nitrogens with one attached hydrogen (secondary N) is 1. The van der Waals surface area contributed by atoms with Gasteiger partial charge in [-0.2, -0.15) is 0 Å². The molecule has 0 aliphatic carbocycles. The quantitative estimate of drug-likeness (QED) is 0.714. The van der Waals surface area contributed by atoms with Gasteiger partial charge in [0, 0.05) is 6.04 Å². The Morgan fingerprint density at radius 1 is 1.21 bits per heavy atom. The molecular weight excluding hydrogens is 176 g/mol. The Morgan fingerprint density at radius 3 is 2.14 bits per heavy atom. The maximum Gasteiger partial charge on any atom is 0.226 e. The Labute approximate surface area is 85.8 Å². The largest absolute Gasteiger partial charge is 0.353 e. The number of hydrogen-bond donors (Lipinski definition) is 1. The van der Waals surface area contributed by atoms with Gasteiger partial charge in [0.25, 0.3) is 0 Å². The van der Waals surface area contributed by atoms with Crippen LogP contribution >= 0.6 is 0 Å². The molecular formula is C11H20N2O. The van der Waals surface area contributed by atoms with Crippen molar-refractivity contribution in [3.05, 3.63) is 0 Å². The number of piperidine rings is 3. The highest BCUT2D eigenvalue weighted by Crippen LogP contribution is 2.40. The number of rotatable bonds is 2. The molecule has 0 spiro atoms.